The standard InChI is InChI=1S/C23H32O6/c1-28-23(27)12-8-3-2-7-11-19-20(22(26)15-21(19)25)14-13-17(24)16-29-18-9-5-4-6-10-18/h2,4-7,9-10,13-14,17,19-22,24-26H,3,8,11-12,15-16H2,1H3/b7-2+,14-13+. The molecule has 1 aromatic rings. The van der Waals surface area contributed by atoms with Gasteiger partial charge in [0.1, 0.15) is 18.5 Å². The van der Waals surface area contributed by atoms with Crippen molar-refractivity contribution in [2.75, 3.05) is 13.7 Å². The minimum absolute atomic E-state index is 0.111. The van der Waals surface area contributed by atoms with Gasteiger partial charge in [0, 0.05) is 18.8 Å². The van der Waals surface area contributed by atoms with Gasteiger partial charge in [0.15, 0.2) is 0 Å². The maximum atomic E-state index is 11.1. The molecule has 1 saturated carbocycles. The average Bonchev–Trinajstić information content (AvgIpc) is 3.00. The lowest BCUT2D eigenvalue weighted by atomic mass is 9.89. The fourth-order valence-corrected chi connectivity index (χ4v) is 3.55. The highest BCUT2D eigenvalue weighted by atomic mass is 16.5. The van der Waals surface area contributed by atoms with E-state index in [0.29, 0.717) is 25.0 Å². The number of hydrogen-bond donors (Lipinski definition) is 3. The summed E-state index contributed by atoms with van der Waals surface area (Å²) in [5, 5.41) is 30.7. The first-order valence-corrected chi connectivity index (χ1v) is 10.1. The molecule has 160 valence electrons. The Kier molecular flexibility index (Phi) is 9.91. The van der Waals surface area contributed by atoms with Crippen LogP contribution in [-0.4, -0.2) is 53.3 Å². The summed E-state index contributed by atoms with van der Waals surface area (Å²) in [6.07, 6.45) is 8.19. The number of hydrogen-bond acceptors (Lipinski definition) is 6. The maximum absolute atomic E-state index is 11.1. The number of para-hydroxylation sites is 1. The Morgan fingerprint density at radius 3 is 2.69 bits per heavy atom. The second kappa shape index (κ2) is 12.4. The van der Waals surface area contributed by atoms with Crippen molar-refractivity contribution < 1.29 is 29.6 Å². The number of carbonyl (C=O) groups excluding carboxylic acids is 1. The van der Waals surface area contributed by atoms with E-state index in [1.807, 2.05) is 42.5 Å². The SMILES string of the molecule is COC(=O)CCC/C=C/CC1C(O)CC(O)C1/C=C/C(O)COc1ccccc1. The van der Waals surface area contributed by atoms with Crippen molar-refractivity contribution in [3.63, 3.8) is 0 Å². The van der Waals surface area contributed by atoms with Crippen LogP contribution in [0.4, 0.5) is 0 Å². The number of allylic oxidation sites excluding steroid dienone is 2. The highest BCUT2D eigenvalue weighted by Crippen LogP contribution is 2.36. The van der Waals surface area contributed by atoms with Gasteiger partial charge in [-0.3, -0.25) is 4.79 Å². The zero-order valence-corrected chi connectivity index (χ0v) is 16.9. The van der Waals surface area contributed by atoms with E-state index in [0.717, 1.165) is 12.8 Å². The molecule has 5 atom stereocenters. The summed E-state index contributed by atoms with van der Waals surface area (Å²) in [6, 6.07) is 9.26. The summed E-state index contributed by atoms with van der Waals surface area (Å²) in [6.45, 7) is 0.122. The van der Waals surface area contributed by atoms with Crippen LogP contribution in [0.15, 0.2) is 54.6 Å². The van der Waals surface area contributed by atoms with E-state index >= 15 is 0 Å². The molecule has 0 spiro atoms. The summed E-state index contributed by atoms with van der Waals surface area (Å²) in [7, 11) is 1.38. The van der Waals surface area contributed by atoms with Crippen molar-refractivity contribution in [2.24, 2.45) is 11.8 Å². The van der Waals surface area contributed by atoms with E-state index in [2.05, 4.69) is 4.74 Å². The van der Waals surface area contributed by atoms with Gasteiger partial charge in [0.2, 0.25) is 0 Å². The number of ether oxygens (including phenoxy) is 2. The van der Waals surface area contributed by atoms with Gasteiger partial charge in [-0.1, -0.05) is 42.5 Å². The molecular formula is C23H32O6. The lowest BCUT2D eigenvalue weighted by Crippen LogP contribution is -2.21. The van der Waals surface area contributed by atoms with Gasteiger partial charge < -0.3 is 24.8 Å². The number of benzene rings is 1. The molecule has 0 bridgehead atoms. The third-order valence-corrected chi connectivity index (χ3v) is 5.19. The Morgan fingerprint density at radius 2 is 1.97 bits per heavy atom. The normalized spacial score (nSPS) is 25.5. The highest BCUT2D eigenvalue weighted by molar-refractivity contribution is 5.69. The van der Waals surface area contributed by atoms with Crippen LogP contribution in [0.3, 0.4) is 0 Å². The molecule has 1 aliphatic carbocycles. The van der Waals surface area contributed by atoms with Crippen molar-refractivity contribution in [1.29, 1.82) is 0 Å². The summed E-state index contributed by atoms with van der Waals surface area (Å²) in [5.41, 5.74) is 0. The van der Waals surface area contributed by atoms with Gasteiger partial charge in [0.05, 0.1) is 19.3 Å². The number of carbonyl (C=O) groups is 1. The lowest BCUT2D eigenvalue weighted by Gasteiger charge is -2.19. The second-order valence-electron chi connectivity index (χ2n) is 7.36. The molecule has 1 aromatic carbocycles. The summed E-state index contributed by atoms with van der Waals surface area (Å²) in [4.78, 5) is 11.1. The third kappa shape index (κ3) is 8.01. The summed E-state index contributed by atoms with van der Waals surface area (Å²) in [5.74, 6) is 0.135. The predicted molar refractivity (Wildman–Crippen MR) is 110 cm³/mol. The number of esters is 1. The van der Waals surface area contributed by atoms with E-state index in [1.165, 1.54) is 7.11 Å². The molecule has 1 aliphatic rings. The van der Waals surface area contributed by atoms with E-state index in [-0.39, 0.29) is 24.4 Å². The lowest BCUT2D eigenvalue weighted by molar-refractivity contribution is -0.140. The van der Waals surface area contributed by atoms with E-state index < -0.39 is 18.3 Å². The zero-order valence-electron chi connectivity index (χ0n) is 16.9. The molecule has 0 amide bonds. The number of aliphatic hydroxyl groups excluding tert-OH is 3. The molecular weight excluding hydrogens is 372 g/mol. The van der Waals surface area contributed by atoms with Gasteiger partial charge in [-0.15, -0.1) is 0 Å². The molecule has 29 heavy (non-hydrogen) atoms. The quantitative estimate of drug-likeness (QED) is 0.298. The molecule has 0 aromatic heterocycles. The van der Waals surface area contributed by atoms with Crippen LogP contribution >= 0.6 is 0 Å². The molecule has 0 aliphatic heterocycles. The molecule has 2 rings (SSSR count). The van der Waals surface area contributed by atoms with Crippen LogP contribution in [-0.2, 0) is 9.53 Å². The molecule has 1 fully saturated rings. The molecule has 6 nitrogen and oxygen atoms in total. The molecule has 0 radical (unpaired) electrons. The van der Waals surface area contributed by atoms with Crippen molar-refractivity contribution in [2.45, 2.75) is 50.4 Å². The Labute approximate surface area is 172 Å². The zero-order chi connectivity index (χ0) is 21.1. The predicted octanol–water partition coefficient (Wildman–Crippen LogP) is 2.63. The molecule has 0 saturated heterocycles. The first kappa shape index (κ1) is 23.1. The third-order valence-electron chi connectivity index (χ3n) is 5.19. The Balaban J connectivity index is 1.80. The smallest absolute Gasteiger partial charge is 0.305 e. The Hall–Kier alpha value is -2.15. The highest BCUT2D eigenvalue weighted by Gasteiger charge is 2.39. The first-order valence-electron chi connectivity index (χ1n) is 10.1. The van der Waals surface area contributed by atoms with Crippen molar-refractivity contribution in [3.8, 4) is 5.75 Å². The second-order valence-corrected chi connectivity index (χ2v) is 7.36. The first-order chi connectivity index (χ1) is 14.0. The minimum Gasteiger partial charge on any atom is -0.491 e. The van der Waals surface area contributed by atoms with Crippen LogP contribution in [0, 0.1) is 11.8 Å². The van der Waals surface area contributed by atoms with Crippen LogP contribution in [0.2, 0.25) is 0 Å². The molecule has 0 heterocycles. The van der Waals surface area contributed by atoms with E-state index in [9.17, 15) is 20.1 Å². The average molecular weight is 405 g/mol. The van der Waals surface area contributed by atoms with Crippen LogP contribution in [0.5, 0.6) is 5.75 Å². The van der Waals surface area contributed by atoms with Crippen molar-refractivity contribution in [3.05, 3.63) is 54.6 Å². The number of aliphatic hydroxyl groups is 3. The van der Waals surface area contributed by atoms with Crippen molar-refractivity contribution in [1.82, 2.24) is 0 Å². The maximum Gasteiger partial charge on any atom is 0.305 e. The number of methoxy groups -OCH3 is 1. The largest absolute Gasteiger partial charge is 0.491 e. The summed E-state index contributed by atoms with van der Waals surface area (Å²) >= 11 is 0. The topological polar surface area (TPSA) is 96.2 Å². The Bertz CT molecular complexity index is 657. The molecule has 5 unspecified atom stereocenters. The summed E-state index contributed by atoms with van der Waals surface area (Å²) < 4.78 is 10.1. The molecule has 3 N–H and O–H groups in total. The minimum atomic E-state index is -0.797. The van der Waals surface area contributed by atoms with E-state index in [1.54, 1.807) is 12.2 Å². The number of unbranched alkanes of at least 4 members (excludes halogenated alkanes) is 1. The van der Waals surface area contributed by atoms with E-state index in [4.69, 9.17) is 4.74 Å². The van der Waals surface area contributed by atoms with Gasteiger partial charge >= 0.3 is 5.97 Å². The fraction of sp³-hybridized carbons (Fsp3) is 0.522. The number of rotatable bonds is 11. The van der Waals surface area contributed by atoms with Crippen LogP contribution < -0.4 is 4.74 Å². The van der Waals surface area contributed by atoms with Gasteiger partial charge in [-0.05, 0) is 37.3 Å². The van der Waals surface area contributed by atoms with Gasteiger partial charge in [0.25, 0.3) is 0 Å². The van der Waals surface area contributed by atoms with Gasteiger partial charge in [-0.2, -0.15) is 0 Å². The molecule has 6 heteroatoms. The van der Waals surface area contributed by atoms with Crippen molar-refractivity contribution >= 4 is 5.97 Å². The van der Waals surface area contributed by atoms with Crippen LogP contribution in [0.1, 0.15) is 32.1 Å². The van der Waals surface area contributed by atoms with Gasteiger partial charge in [-0.25, -0.2) is 0 Å². The van der Waals surface area contributed by atoms with Crippen LogP contribution in [0.25, 0.3) is 0 Å². The Morgan fingerprint density at radius 1 is 1.21 bits per heavy atom. The monoisotopic (exact) mass is 404 g/mol. The fourth-order valence-electron chi connectivity index (χ4n) is 3.55.